The van der Waals surface area contributed by atoms with Gasteiger partial charge in [0.15, 0.2) is 6.61 Å². The summed E-state index contributed by atoms with van der Waals surface area (Å²) in [6, 6.07) is 6.23. The molecule has 3 unspecified atom stereocenters. The first kappa shape index (κ1) is 21.5. The molecule has 1 aliphatic carbocycles. The van der Waals surface area contributed by atoms with Gasteiger partial charge < -0.3 is 10.1 Å². The Morgan fingerprint density at radius 2 is 1.66 bits per heavy atom. The fraction of sp³-hybridized carbons (Fsp3) is 0.524. The Morgan fingerprint density at radius 3 is 2.21 bits per heavy atom. The minimum absolute atomic E-state index is 0.253. The quantitative estimate of drug-likeness (QED) is 0.515. The van der Waals surface area contributed by atoms with Crippen LogP contribution in [0.25, 0.3) is 0 Å². The lowest BCUT2D eigenvalue weighted by Crippen LogP contribution is -2.45. The van der Waals surface area contributed by atoms with Gasteiger partial charge in [0.2, 0.25) is 11.8 Å². The summed E-state index contributed by atoms with van der Waals surface area (Å²) < 4.78 is 6.02. The van der Waals surface area contributed by atoms with Crippen molar-refractivity contribution < 1.29 is 23.9 Å². The Kier molecular flexibility index (Phi) is 6.72. The topological polar surface area (TPSA) is 92.8 Å². The Balaban J connectivity index is 1.52. The van der Waals surface area contributed by atoms with Gasteiger partial charge in [-0.2, -0.15) is 0 Å². The number of fused-ring (bicyclic) bond motifs is 1. The van der Waals surface area contributed by atoms with E-state index in [1.54, 1.807) is 0 Å². The molecule has 4 atom stereocenters. The molecule has 2 aliphatic rings. The Hall–Kier alpha value is -2.22. The number of hydrogen-bond acceptors (Lipinski definition) is 5. The van der Waals surface area contributed by atoms with E-state index < -0.39 is 24.5 Å². The molecule has 7 nitrogen and oxygen atoms in total. The molecule has 3 amide bonds. The van der Waals surface area contributed by atoms with Crippen molar-refractivity contribution in [1.29, 1.82) is 0 Å². The van der Waals surface area contributed by atoms with Crippen LogP contribution in [0.3, 0.4) is 0 Å². The third-order valence-electron chi connectivity index (χ3n) is 5.70. The van der Waals surface area contributed by atoms with Crippen molar-refractivity contribution >= 4 is 39.6 Å². The lowest BCUT2D eigenvalue weighted by Gasteiger charge is -2.21. The minimum atomic E-state index is -1.03. The molecule has 1 aliphatic heterocycles. The number of imide groups is 1. The third-order valence-corrected chi connectivity index (χ3v) is 6.23. The highest BCUT2D eigenvalue weighted by molar-refractivity contribution is 9.10. The summed E-state index contributed by atoms with van der Waals surface area (Å²) in [5, 5.41) is 2.76. The summed E-state index contributed by atoms with van der Waals surface area (Å²) in [7, 11) is 0. The minimum Gasteiger partial charge on any atom is -0.454 e. The van der Waals surface area contributed by atoms with E-state index in [1.807, 2.05) is 31.2 Å². The highest BCUT2D eigenvalue weighted by atomic mass is 79.9. The number of esters is 1. The molecule has 8 heteroatoms. The van der Waals surface area contributed by atoms with Crippen LogP contribution in [0.5, 0.6) is 0 Å². The van der Waals surface area contributed by atoms with Gasteiger partial charge in [-0.15, -0.1) is 0 Å². The second-order valence-electron chi connectivity index (χ2n) is 7.67. The van der Waals surface area contributed by atoms with Crippen LogP contribution in [-0.2, 0) is 23.9 Å². The fourth-order valence-electron chi connectivity index (χ4n) is 4.05. The maximum absolute atomic E-state index is 12.6. The highest BCUT2D eigenvalue weighted by Gasteiger charge is 2.51. The van der Waals surface area contributed by atoms with E-state index in [2.05, 4.69) is 21.2 Å². The zero-order chi connectivity index (χ0) is 21.1. The van der Waals surface area contributed by atoms with Crippen LogP contribution in [0, 0.1) is 11.8 Å². The van der Waals surface area contributed by atoms with Crippen LogP contribution in [0.2, 0.25) is 0 Å². The van der Waals surface area contributed by atoms with E-state index in [-0.39, 0.29) is 29.7 Å². The molecule has 1 heterocycles. The summed E-state index contributed by atoms with van der Waals surface area (Å²) in [5.41, 5.74) is 0.914. The van der Waals surface area contributed by atoms with Gasteiger partial charge in [0.1, 0.15) is 6.04 Å². The van der Waals surface area contributed by atoms with Crippen LogP contribution in [0.4, 0.5) is 0 Å². The van der Waals surface area contributed by atoms with Crippen LogP contribution < -0.4 is 5.32 Å². The predicted octanol–water partition coefficient (Wildman–Crippen LogP) is 2.73. The van der Waals surface area contributed by atoms with Crippen molar-refractivity contribution in [2.75, 3.05) is 6.61 Å². The van der Waals surface area contributed by atoms with Gasteiger partial charge in [0, 0.05) is 4.47 Å². The van der Waals surface area contributed by atoms with Gasteiger partial charge >= 0.3 is 5.97 Å². The van der Waals surface area contributed by atoms with Crippen molar-refractivity contribution in [2.24, 2.45) is 11.8 Å². The molecule has 156 valence electrons. The molecular weight excluding hydrogens is 440 g/mol. The number of nitrogens with one attached hydrogen (secondary N) is 1. The number of benzene rings is 1. The summed E-state index contributed by atoms with van der Waals surface area (Å²) in [6.45, 7) is 2.83. The molecule has 0 radical (unpaired) electrons. The van der Waals surface area contributed by atoms with E-state index >= 15 is 0 Å². The molecule has 0 aromatic heterocycles. The van der Waals surface area contributed by atoms with Crippen molar-refractivity contribution in [3.05, 3.63) is 34.3 Å². The Labute approximate surface area is 178 Å². The Bertz CT molecular complexity index is 786. The zero-order valence-electron chi connectivity index (χ0n) is 16.5. The van der Waals surface area contributed by atoms with Gasteiger partial charge in [-0.25, -0.2) is 4.79 Å². The molecule has 0 spiro atoms. The first-order valence-corrected chi connectivity index (χ1v) is 10.7. The number of rotatable bonds is 6. The lowest BCUT2D eigenvalue weighted by molar-refractivity contribution is -0.159. The average Bonchev–Trinajstić information content (AvgIpc) is 2.96. The van der Waals surface area contributed by atoms with Crippen molar-refractivity contribution in [1.82, 2.24) is 10.2 Å². The molecule has 0 bridgehead atoms. The number of amides is 3. The van der Waals surface area contributed by atoms with E-state index in [0.29, 0.717) is 12.8 Å². The van der Waals surface area contributed by atoms with Gasteiger partial charge in [0.05, 0.1) is 17.9 Å². The second kappa shape index (κ2) is 9.07. The maximum Gasteiger partial charge on any atom is 0.329 e. The van der Waals surface area contributed by atoms with Crippen LogP contribution in [0.15, 0.2) is 28.7 Å². The van der Waals surface area contributed by atoms with Gasteiger partial charge in [0.25, 0.3) is 5.91 Å². The molecule has 1 saturated heterocycles. The maximum atomic E-state index is 12.6. The standard InChI is InChI=1S/C21H25BrN2O5/c1-12(14-7-9-15(22)10-8-14)23-18(25)11-29-21(28)13(2)24-19(26)16-5-3-4-6-17(16)20(24)27/h7-10,12-13,16-17H,3-6,11H2,1-2H3,(H,23,25)/t12?,13-,16?,17?/m0/s1. The number of hydrogen-bond donors (Lipinski definition) is 1. The molecule has 1 aromatic rings. The number of ether oxygens (including phenoxy) is 1. The Morgan fingerprint density at radius 1 is 1.10 bits per heavy atom. The highest BCUT2D eigenvalue weighted by Crippen LogP contribution is 2.38. The number of halogens is 1. The number of carbonyl (C=O) groups is 4. The van der Waals surface area contributed by atoms with Gasteiger partial charge in [-0.05, 0) is 44.4 Å². The zero-order valence-corrected chi connectivity index (χ0v) is 18.1. The molecule has 2 fully saturated rings. The summed E-state index contributed by atoms with van der Waals surface area (Å²) >= 11 is 3.36. The molecule has 29 heavy (non-hydrogen) atoms. The first-order valence-electron chi connectivity index (χ1n) is 9.88. The summed E-state index contributed by atoms with van der Waals surface area (Å²) in [6.07, 6.45) is 3.21. The normalized spacial score (nSPS) is 23.3. The molecule has 1 aromatic carbocycles. The SMILES string of the molecule is CC(NC(=O)COC(=O)[C@H](C)N1C(=O)C2CCCCC2C1=O)c1ccc(Br)cc1. The van der Waals surface area contributed by atoms with E-state index in [0.717, 1.165) is 27.8 Å². The number of carbonyl (C=O) groups excluding carboxylic acids is 4. The van der Waals surface area contributed by atoms with Crippen molar-refractivity contribution in [2.45, 2.75) is 51.6 Å². The van der Waals surface area contributed by atoms with Crippen LogP contribution in [-0.4, -0.2) is 41.2 Å². The molecule has 3 rings (SSSR count). The van der Waals surface area contributed by atoms with Crippen molar-refractivity contribution in [3.8, 4) is 0 Å². The largest absolute Gasteiger partial charge is 0.454 e. The van der Waals surface area contributed by atoms with E-state index in [9.17, 15) is 19.2 Å². The molecule has 1 saturated carbocycles. The predicted molar refractivity (Wildman–Crippen MR) is 108 cm³/mol. The van der Waals surface area contributed by atoms with E-state index in [4.69, 9.17) is 4.74 Å². The third kappa shape index (κ3) is 4.69. The van der Waals surface area contributed by atoms with E-state index in [1.165, 1.54) is 6.92 Å². The first-order chi connectivity index (χ1) is 13.8. The molecule has 1 N–H and O–H groups in total. The summed E-state index contributed by atoms with van der Waals surface area (Å²) in [4.78, 5) is 50.7. The van der Waals surface area contributed by atoms with Crippen LogP contribution >= 0.6 is 15.9 Å². The lowest BCUT2D eigenvalue weighted by atomic mass is 9.81. The van der Waals surface area contributed by atoms with Crippen molar-refractivity contribution in [3.63, 3.8) is 0 Å². The number of likely N-dealkylation sites (tertiary alicyclic amines) is 1. The van der Waals surface area contributed by atoms with Crippen LogP contribution in [0.1, 0.15) is 51.1 Å². The molecular formula is C21H25BrN2O5. The van der Waals surface area contributed by atoms with Gasteiger partial charge in [-0.3, -0.25) is 19.3 Å². The fourth-order valence-corrected chi connectivity index (χ4v) is 4.31. The van der Waals surface area contributed by atoms with Gasteiger partial charge in [-0.1, -0.05) is 40.9 Å². The summed E-state index contributed by atoms with van der Waals surface area (Å²) in [5.74, 6) is -2.43. The smallest absolute Gasteiger partial charge is 0.329 e. The number of nitrogens with zero attached hydrogens (tertiary/aromatic N) is 1. The monoisotopic (exact) mass is 464 g/mol. The average molecular weight is 465 g/mol. The second-order valence-corrected chi connectivity index (χ2v) is 8.58.